The van der Waals surface area contributed by atoms with Crippen molar-refractivity contribution in [1.29, 1.82) is 0 Å². The summed E-state index contributed by atoms with van der Waals surface area (Å²) in [6, 6.07) is 42.4. The molecule has 4 aromatic carbocycles. The molecule has 1 aliphatic rings. The molecule has 0 amide bonds. The zero-order valence-electron chi connectivity index (χ0n) is 31.0. The molecule has 52 heavy (non-hydrogen) atoms. The van der Waals surface area contributed by atoms with Gasteiger partial charge in [0.2, 0.25) is 0 Å². The summed E-state index contributed by atoms with van der Waals surface area (Å²) in [6.07, 6.45) is 11.8. The summed E-state index contributed by atoms with van der Waals surface area (Å²) in [5, 5.41) is 3.74. The van der Waals surface area contributed by atoms with E-state index in [1.807, 2.05) is 36.5 Å². The summed E-state index contributed by atoms with van der Waals surface area (Å²) in [7, 11) is -1.34. The Morgan fingerprint density at radius 3 is 2.29 bits per heavy atom. The van der Waals surface area contributed by atoms with Crippen LogP contribution < -0.4 is 5.19 Å². The number of pyridine rings is 2. The maximum Gasteiger partial charge on any atom is 0.121 e. The molecule has 8 rings (SSSR count). The van der Waals surface area contributed by atoms with Crippen LogP contribution in [0.25, 0.3) is 55.6 Å². The Hall–Kier alpha value is -4.15. The second-order valence-electron chi connectivity index (χ2n) is 15.5. The molecular weight excluding hydrogens is 829 g/mol. The van der Waals surface area contributed by atoms with E-state index in [1.54, 1.807) is 0 Å². The van der Waals surface area contributed by atoms with Gasteiger partial charge in [0.1, 0.15) is 5.58 Å². The van der Waals surface area contributed by atoms with Crippen LogP contribution >= 0.6 is 0 Å². The summed E-state index contributed by atoms with van der Waals surface area (Å²) in [4.78, 5) is 9.37. The average molecular weight is 877 g/mol. The van der Waals surface area contributed by atoms with Gasteiger partial charge in [0.05, 0.1) is 13.7 Å². The molecule has 0 atom stereocenters. The van der Waals surface area contributed by atoms with E-state index in [-0.39, 0.29) is 20.1 Å². The van der Waals surface area contributed by atoms with Gasteiger partial charge in [0.15, 0.2) is 0 Å². The number of hydrogen-bond donors (Lipinski definition) is 0. The van der Waals surface area contributed by atoms with Crippen molar-refractivity contribution in [2.75, 3.05) is 0 Å². The minimum atomic E-state index is -1.34. The molecule has 0 saturated heterocycles. The molecule has 0 bridgehead atoms. The van der Waals surface area contributed by atoms with Crippen molar-refractivity contribution in [3.63, 3.8) is 0 Å². The fourth-order valence-electron chi connectivity index (χ4n) is 7.51. The Labute approximate surface area is 324 Å². The largest absolute Gasteiger partial charge is 0.501 e. The molecular formula is C47H48IrN2OSi-2. The molecule has 0 aliphatic heterocycles. The zero-order valence-corrected chi connectivity index (χ0v) is 34.4. The summed E-state index contributed by atoms with van der Waals surface area (Å²) >= 11 is 0. The topological polar surface area (TPSA) is 38.9 Å². The number of fused-ring (bicyclic) bond motifs is 3. The van der Waals surface area contributed by atoms with E-state index >= 15 is 0 Å². The van der Waals surface area contributed by atoms with Crippen molar-refractivity contribution >= 4 is 35.2 Å². The third-order valence-corrected chi connectivity index (χ3v) is 12.1. The van der Waals surface area contributed by atoms with Gasteiger partial charge in [0.25, 0.3) is 0 Å². The third-order valence-electron chi connectivity index (χ3n) is 10.0. The molecule has 3 heterocycles. The van der Waals surface area contributed by atoms with Gasteiger partial charge in [-0.15, -0.1) is 54.1 Å². The maximum atomic E-state index is 6.40. The molecule has 5 heteroatoms. The molecule has 0 N–H and O–H groups in total. The van der Waals surface area contributed by atoms with Crippen molar-refractivity contribution in [1.82, 2.24) is 9.97 Å². The Kier molecular flexibility index (Phi) is 12.1. The van der Waals surface area contributed by atoms with E-state index in [0.717, 1.165) is 68.8 Å². The standard InChI is InChI=1S/C29H24NO.C18H24NSi.Ir/c1-2-9-22(10-3-1)23-13-14-24-25-11-6-12-26(29(25)31-28(24)19-23)27-18-21(15-16-30-27)17-20-7-4-5-8-20;1-14(2)11-16-12-17(15-9-7-6-8-10-15)19-13-18(16)20(3,4)5;/h1-3,6,9-11,13-16,18-20H,4-5,7-8,17H2;6-9,12-14H,11H2,1-5H3;/q2*-1;. The molecule has 267 valence electrons. The predicted octanol–water partition coefficient (Wildman–Crippen LogP) is 12.1. The van der Waals surface area contributed by atoms with E-state index in [4.69, 9.17) is 4.42 Å². The van der Waals surface area contributed by atoms with Crippen LogP contribution in [-0.4, -0.2) is 18.0 Å². The average Bonchev–Trinajstić information content (AvgIpc) is 3.79. The van der Waals surface area contributed by atoms with Crippen LogP contribution in [0.3, 0.4) is 0 Å². The molecule has 3 aromatic heterocycles. The monoisotopic (exact) mass is 877 g/mol. The van der Waals surface area contributed by atoms with E-state index < -0.39 is 8.07 Å². The minimum absolute atomic E-state index is 0. The molecule has 0 unspecified atom stereocenters. The van der Waals surface area contributed by atoms with E-state index in [9.17, 15) is 0 Å². The van der Waals surface area contributed by atoms with Gasteiger partial charge in [-0.3, -0.25) is 0 Å². The van der Waals surface area contributed by atoms with Crippen molar-refractivity contribution in [2.24, 2.45) is 11.8 Å². The molecule has 1 fully saturated rings. The summed E-state index contributed by atoms with van der Waals surface area (Å²) in [5.74, 6) is 1.48. The summed E-state index contributed by atoms with van der Waals surface area (Å²) in [6.45, 7) is 11.7. The first kappa shape index (κ1) is 37.6. The van der Waals surface area contributed by atoms with Crippen molar-refractivity contribution < 1.29 is 24.5 Å². The Bertz CT molecular complexity index is 2230. The normalized spacial score (nSPS) is 13.3. The van der Waals surface area contributed by atoms with E-state index in [2.05, 4.69) is 135 Å². The number of benzene rings is 4. The van der Waals surface area contributed by atoms with Crippen LogP contribution in [-0.2, 0) is 32.9 Å². The molecule has 0 spiro atoms. The Balaban J connectivity index is 0.000000193. The van der Waals surface area contributed by atoms with Crippen LogP contribution in [0.4, 0.5) is 0 Å². The molecule has 3 nitrogen and oxygen atoms in total. The van der Waals surface area contributed by atoms with Crippen LogP contribution in [0.1, 0.15) is 50.7 Å². The van der Waals surface area contributed by atoms with Crippen molar-refractivity contribution in [3.05, 3.63) is 139 Å². The van der Waals surface area contributed by atoms with Crippen molar-refractivity contribution in [3.8, 4) is 33.6 Å². The Morgan fingerprint density at radius 1 is 0.769 bits per heavy atom. The van der Waals surface area contributed by atoms with Gasteiger partial charge in [-0.05, 0) is 64.5 Å². The van der Waals surface area contributed by atoms with Gasteiger partial charge >= 0.3 is 0 Å². The first-order chi connectivity index (χ1) is 24.7. The minimum Gasteiger partial charge on any atom is -0.501 e. The maximum absolute atomic E-state index is 6.40. The van der Waals surface area contributed by atoms with Gasteiger partial charge in [0, 0.05) is 37.9 Å². The van der Waals surface area contributed by atoms with E-state index in [0.29, 0.717) is 5.92 Å². The predicted molar refractivity (Wildman–Crippen MR) is 217 cm³/mol. The number of furan rings is 1. The summed E-state index contributed by atoms with van der Waals surface area (Å²) < 4.78 is 6.40. The fourth-order valence-corrected chi connectivity index (χ4v) is 9.10. The molecule has 1 saturated carbocycles. The SMILES string of the molecule is CC(C)Cc1cc(-c2[c-]cccc2)ncc1[Si](C)(C)C.[Ir].[c-]1ccc2c(oc3cc(-c4ccccc4)ccc32)c1-c1cc(CC2CCCC2)ccn1. The Morgan fingerprint density at radius 2 is 1.56 bits per heavy atom. The second-order valence-corrected chi connectivity index (χ2v) is 20.6. The quantitative estimate of drug-likeness (QED) is 0.113. The fraction of sp³-hybridized carbons (Fsp3) is 0.277. The number of aromatic nitrogens is 2. The van der Waals surface area contributed by atoms with Crippen molar-refractivity contribution in [2.45, 2.75) is 72.0 Å². The molecule has 1 aliphatic carbocycles. The van der Waals surface area contributed by atoms with Gasteiger partial charge in [-0.1, -0.05) is 136 Å². The van der Waals surface area contributed by atoms with Gasteiger partial charge in [-0.25, -0.2) is 0 Å². The second kappa shape index (κ2) is 16.7. The first-order valence-corrected chi connectivity index (χ1v) is 22.1. The van der Waals surface area contributed by atoms with Crippen LogP contribution in [0, 0.1) is 24.0 Å². The molecule has 7 aromatic rings. The summed E-state index contributed by atoms with van der Waals surface area (Å²) in [5.41, 5.74) is 11.0. The first-order valence-electron chi connectivity index (χ1n) is 18.6. The van der Waals surface area contributed by atoms with Crippen LogP contribution in [0.15, 0.2) is 120 Å². The van der Waals surface area contributed by atoms with Gasteiger partial charge in [-0.2, -0.15) is 0 Å². The van der Waals surface area contributed by atoms with Crippen LogP contribution in [0.2, 0.25) is 19.6 Å². The number of hydrogen-bond acceptors (Lipinski definition) is 3. The van der Waals surface area contributed by atoms with Gasteiger partial charge < -0.3 is 14.4 Å². The number of nitrogens with zero attached hydrogens (tertiary/aromatic N) is 2. The third kappa shape index (κ3) is 8.72. The number of rotatable bonds is 8. The van der Waals surface area contributed by atoms with Crippen LogP contribution in [0.5, 0.6) is 0 Å². The molecule has 1 radical (unpaired) electrons. The smallest absolute Gasteiger partial charge is 0.121 e. The zero-order chi connectivity index (χ0) is 35.4. The van der Waals surface area contributed by atoms with E-state index in [1.165, 1.54) is 47.6 Å².